The Hall–Kier alpha value is -2.80. The summed E-state index contributed by atoms with van der Waals surface area (Å²) in [5, 5.41) is 7.05. The second-order valence-corrected chi connectivity index (χ2v) is 5.12. The van der Waals surface area contributed by atoms with Crippen molar-refractivity contribution in [3.63, 3.8) is 0 Å². The molecule has 0 fully saturated rings. The van der Waals surface area contributed by atoms with Gasteiger partial charge in [0.1, 0.15) is 17.3 Å². The van der Waals surface area contributed by atoms with Gasteiger partial charge < -0.3 is 19.3 Å². The maximum atomic E-state index is 13.8. The smallest absolute Gasteiger partial charge is 0.326 e. The summed E-state index contributed by atoms with van der Waals surface area (Å²) in [6, 6.07) is 9.47. The zero-order valence-electron chi connectivity index (χ0n) is 12.8. The lowest BCUT2D eigenvalue weighted by molar-refractivity contribution is 0.395. The normalized spacial score (nSPS) is 10.5. The summed E-state index contributed by atoms with van der Waals surface area (Å²) < 4.78 is 29.3. The van der Waals surface area contributed by atoms with Crippen LogP contribution in [0.1, 0.15) is 0 Å². The molecule has 0 radical (unpaired) electrons. The number of halogens is 2. The molecule has 6 nitrogen and oxygen atoms in total. The van der Waals surface area contributed by atoms with Gasteiger partial charge in [-0.05, 0) is 18.2 Å². The van der Waals surface area contributed by atoms with Crippen LogP contribution in [0, 0.1) is 5.82 Å². The average Bonchev–Trinajstić information content (AvgIpc) is 3.04. The number of hydrogen-bond acceptors (Lipinski definition) is 6. The quantitative estimate of drug-likeness (QED) is 0.741. The summed E-state index contributed by atoms with van der Waals surface area (Å²) in [5.41, 5.74) is 0.751. The third-order valence-electron chi connectivity index (χ3n) is 3.26. The topological polar surface area (TPSA) is 69.4 Å². The lowest BCUT2D eigenvalue weighted by atomic mass is 10.2. The molecule has 2 aromatic carbocycles. The molecule has 24 heavy (non-hydrogen) atoms. The zero-order valence-corrected chi connectivity index (χ0v) is 13.6. The molecule has 8 heteroatoms. The molecule has 0 aliphatic carbocycles. The molecule has 0 aliphatic rings. The van der Waals surface area contributed by atoms with Crippen molar-refractivity contribution in [3.05, 3.63) is 47.2 Å². The SMILES string of the molecule is COc1cc(OC)c(Nc2nc(-c3ccccc3F)no2)cc1Cl. The van der Waals surface area contributed by atoms with Crippen molar-refractivity contribution in [2.45, 2.75) is 0 Å². The third kappa shape index (κ3) is 3.11. The van der Waals surface area contributed by atoms with Crippen molar-refractivity contribution in [1.82, 2.24) is 10.1 Å². The first-order valence-electron chi connectivity index (χ1n) is 6.89. The summed E-state index contributed by atoms with van der Waals surface area (Å²) in [7, 11) is 3.01. The van der Waals surface area contributed by atoms with E-state index in [0.717, 1.165) is 0 Å². The number of aromatic nitrogens is 2. The monoisotopic (exact) mass is 349 g/mol. The molecule has 1 heterocycles. The fourth-order valence-electron chi connectivity index (χ4n) is 2.10. The first kappa shape index (κ1) is 16.1. The van der Waals surface area contributed by atoms with Crippen molar-refractivity contribution in [3.8, 4) is 22.9 Å². The number of benzene rings is 2. The Balaban J connectivity index is 1.90. The van der Waals surface area contributed by atoms with Gasteiger partial charge in [-0.3, -0.25) is 0 Å². The predicted molar refractivity (Wildman–Crippen MR) is 87.5 cm³/mol. The van der Waals surface area contributed by atoms with Crippen LogP contribution in [0.5, 0.6) is 11.5 Å². The summed E-state index contributed by atoms with van der Waals surface area (Å²) in [4.78, 5) is 4.13. The van der Waals surface area contributed by atoms with Crippen LogP contribution in [0.15, 0.2) is 40.9 Å². The second-order valence-electron chi connectivity index (χ2n) is 4.72. The second kappa shape index (κ2) is 6.76. The highest BCUT2D eigenvalue weighted by molar-refractivity contribution is 6.32. The maximum absolute atomic E-state index is 13.8. The summed E-state index contributed by atoms with van der Waals surface area (Å²) in [5.74, 6) is 0.641. The van der Waals surface area contributed by atoms with E-state index in [1.165, 1.54) is 20.3 Å². The van der Waals surface area contributed by atoms with Gasteiger partial charge in [0.2, 0.25) is 5.82 Å². The van der Waals surface area contributed by atoms with E-state index >= 15 is 0 Å². The molecule has 1 aromatic heterocycles. The van der Waals surface area contributed by atoms with Gasteiger partial charge in [-0.15, -0.1) is 0 Å². The van der Waals surface area contributed by atoms with Crippen LogP contribution >= 0.6 is 11.6 Å². The first-order valence-corrected chi connectivity index (χ1v) is 7.27. The van der Waals surface area contributed by atoms with Crippen LogP contribution < -0.4 is 14.8 Å². The molecule has 0 atom stereocenters. The van der Waals surface area contributed by atoms with E-state index in [9.17, 15) is 4.39 Å². The van der Waals surface area contributed by atoms with Gasteiger partial charge in [0.25, 0.3) is 0 Å². The van der Waals surface area contributed by atoms with E-state index in [0.29, 0.717) is 22.2 Å². The van der Waals surface area contributed by atoms with E-state index < -0.39 is 5.82 Å². The van der Waals surface area contributed by atoms with E-state index in [1.54, 1.807) is 30.3 Å². The highest BCUT2D eigenvalue weighted by Crippen LogP contribution is 2.37. The first-order chi connectivity index (χ1) is 11.6. The third-order valence-corrected chi connectivity index (χ3v) is 3.55. The van der Waals surface area contributed by atoms with Gasteiger partial charge in [-0.25, -0.2) is 4.39 Å². The zero-order chi connectivity index (χ0) is 17.1. The number of methoxy groups -OCH3 is 2. The molecule has 0 unspecified atom stereocenters. The summed E-state index contributed by atoms with van der Waals surface area (Å²) in [6.45, 7) is 0. The van der Waals surface area contributed by atoms with Crippen LogP contribution in [-0.4, -0.2) is 24.4 Å². The Bertz CT molecular complexity index is 870. The minimum absolute atomic E-state index is 0.0767. The minimum Gasteiger partial charge on any atom is -0.495 e. The summed E-state index contributed by atoms with van der Waals surface area (Å²) >= 11 is 6.11. The van der Waals surface area contributed by atoms with E-state index in [4.69, 9.17) is 25.6 Å². The minimum atomic E-state index is -0.435. The van der Waals surface area contributed by atoms with Crippen LogP contribution in [0.4, 0.5) is 16.1 Å². The van der Waals surface area contributed by atoms with Crippen molar-refractivity contribution in [1.29, 1.82) is 0 Å². The molecule has 0 aliphatic heterocycles. The number of anilines is 2. The van der Waals surface area contributed by atoms with Crippen LogP contribution in [-0.2, 0) is 0 Å². The number of nitrogens with one attached hydrogen (secondary N) is 1. The molecule has 3 aromatic rings. The number of rotatable bonds is 5. The Morgan fingerprint density at radius 1 is 1.12 bits per heavy atom. The van der Waals surface area contributed by atoms with Gasteiger partial charge in [0, 0.05) is 6.07 Å². The van der Waals surface area contributed by atoms with Crippen molar-refractivity contribution in [2.24, 2.45) is 0 Å². The molecule has 0 spiro atoms. The van der Waals surface area contributed by atoms with Gasteiger partial charge in [0.05, 0.1) is 30.5 Å². The Morgan fingerprint density at radius 2 is 1.88 bits per heavy atom. The van der Waals surface area contributed by atoms with Gasteiger partial charge in [-0.1, -0.05) is 28.9 Å². The molecule has 0 bridgehead atoms. The Morgan fingerprint density at radius 3 is 2.58 bits per heavy atom. The van der Waals surface area contributed by atoms with E-state index in [2.05, 4.69) is 15.5 Å². The number of nitrogens with zero attached hydrogens (tertiary/aromatic N) is 2. The molecule has 0 saturated carbocycles. The van der Waals surface area contributed by atoms with Gasteiger partial charge >= 0.3 is 6.01 Å². The van der Waals surface area contributed by atoms with E-state index in [1.807, 2.05) is 0 Å². The van der Waals surface area contributed by atoms with Crippen LogP contribution in [0.3, 0.4) is 0 Å². The lowest BCUT2D eigenvalue weighted by Gasteiger charge is -2.11. The maximum Gasteiger partial charge on any atom is 0.326 e. The fraction of sp³-hybridized carbons (Fsp3) is 0.125. The molecule has 0 amide bonds. The Kier molecular flexibility index (Phi) is 4.52. The molecule has 1 N–H and O–H groups in total. The number of hydrogen-bond donors (Lipinski definition) is 1. The standard InChI is InChI=1S/C16H13ClFN3O3/c1-22-13-8-14(23-2)12(7-10(13)17)19-16-20-15(21-24-16)9-5-3-4-6-11(9)18/h3-8H,1-2H3,(H,19,20,21). The largest absolute Gasteiger partial charge is 0.495 e. The van der Waals surface area contributed by atoms with Crippen LogP contribution in [0.25, 0.3) is 11.4 Å². The highest BCUT2D eigenvalue weighted by atomic mass is 35.5. The summed E-state index contributed by atoms with van der Waals surface area (Å²) in [6.07, 6.45) is 0. The van der Waals surface area contributed by atoms with Crippen molar-refractivity contribution >= 4 is 23.3 Å². The van der Waals surface area contributed by atoms with Crippen LogP contribution in [0.2, 0.25) is 5.02 Å². The molecule has 124 valence electrons. The number of ether oxygens (including phenoxy) is 2. The van der Waals surface area contributed by atoms with Gasteiger partial charge in [-0.2, -0.15) is 4.98 Å². The fourth-order valence-corrected chi connectivity index (χ4v) is 2.34. The molecule has 0 saturated heterocycles. The van der Waals surface area contributed by atoms with Gasteiger partial charge in [0.15, 0.2) is 0 Å². The average molecular weight is 350 g/mol. The Labute approximate surface area is 142 Å². The molecule has 3 rings (SSSR count). The lowest BCUT2D eigenvalue weighted by Crippen LogP contribution is -1.96. The van der Waals surface area contributed by atoms with Crippen molar-refractivity contribution < 1.29 is 18.4 Å². The molecular weight excluding hydrogens is 337 g/mol. The highest BCUT2D eigenvalue weighted by Gasteiger charge is 2.15. The van der Waals surface area contributed by atoms with E-state index in [-0.39, 0.29) is 17.4 Å². The predicted octanol–water partition coefficient (Wildman–Crippen LogP) is 4.29. The molecular formula is C16H13ClFN3O3. The van der Waals surface area contributed by atoms with Crippen molar-refractivity contribution in [2.75, 3.05) is 19.5 Å².